The summed E-state index contributed by atoms with van der Waals surface area (Å²) in [4.78, 5) is 13.1. The van der Waals surface area contributed by atoms with Crippen LogP contribution in [0.5, 0.6) is 0 Å². The maximum atomic E-state index is 10.8. The van der Waals surface area contributed by atoms with Gasteiger partial charge in [0.15, 0.2) is 0 Å². The molecule has 2 N–H and O–H groups in total. The van der Waals surface area contributed by atoms with E-state index in [1.165, 1.54) is 53.9 Å². The third kappa shape index (κ3) is 7.53. The summed E-state index contributed by atoms with van der Waals surface area (Å²) in [5.74, 6) is 0. The molecule has 0 spiro atoms. The molecule has 0 aromatic heterocycles. The predicted molar refractivity (Wildman–Crippen MR) is 102 cm³/mol. The first-order valence-electron chi connectivity index (χ1n) is 8.32. The topological polar surface area (TPSA) is 49.3 Å². The van der Waals surface area contributed by atoms with Gasteiger partial charge in [-0.25, -0.2) is 4.79 Å². The van der Waals surface area contributed by atoms with Crippen molar-refractivity contribution in [3.8, 4) is 0 Å². The van der Waals surface area contributed by atoms with Gasteiger partial charge in [0.25, 0.3) is 0 Å². The zero-order chi connectivity index (χ0) is 17.1. The molecule has 0 heterocycles. The first-order chi connectivity index (χ1) is 11.1. The van der Waals surface area contributed by atoms with Crippen LogP contribution in [-0.4, -0.2) is 23.7 Å². The Labute approximate surface area is 149 Å². The molecule has 1 rings (SSSR count). The van der Waals surface area contributed by atoms with Crippen LogP contribution < -0.4 is 5.32 Å². The Bertz CT molecular complexity index is 467. The van der Waals surface area contributed by atoms with Gasteiger partial charge in [0.05, 0.1) is 0 Å². The average molecular weight is 356 g/mol. The third-order valence-electron chi connectivity index (χ3n) is 3.90. The van der Waals surface area contributed by atoms with Gasteiger partial charge in [0.1, 0.15) is 0 Å². The highest BCUT2D eigenvalue weighted by Crippen LogP contribution is 2.31. The molecule has 1 aromatic rings. The van der Waals surface area contributed by atoms with Gasteiger partial charge < -0.3 is 10.4 Å². The van der Waals surface area contributed by atoms with Gasteiger partial charge in [-0.2, -0.15) is 0 Å². The second-order valence-corrected chi connectivity index (χ2v) is 7.35. The first-order valence-corrected chi connectivity index (χ1v) is 10.8. The van der Waals surface area contributed by atoms with Crippen LogP contribution in [0.25, 0.3) is 0 Å². The lowest BCUT2D eigenvalue weighted by atomic mass is 10.0. The zero-order valence-electron chi connectivity index (χ0n) is 14.5. The first kappa shape index (κ1) is 20.2. The number of unbranched alkanes of at least 4 members (excludes halogenated alkanes) is 5. The Morgan fingerprint density at radius 1 is 1.04 bits per heavy atom. The van der Waals surface area contributed by atoms with Gasteiger partial charge in [-0.3, -0.25) is 0 Å². The van der Waals surface area contributed by atoms with E-state index in [4.69, 9.17) is 5.11 Å². The van der Waals surface area contributed by atoms with Crippen molar-refractivity contribution in [2.24, 2.45) is 0 Å². The van der Waals surface area contributed by atoms with Gasteiger partial charge in [0, 0.05) is 16.3 Å². The van der Waals surface area contributed by atoms with Gasteiger partial charge in [-0.1, -0.05) is 39.0 Å². The molecule has 5 heteroatoms. The molecule has 0 saturated carbocycles. The smallest absolute Gasteiger partial charge is 0.404 e. The van der Waals surface area contributed by atoms with Crippen molar-refractivity contribution >= 4 is 29.6 Å². The Morgan fingerprint density at radius 3 is 2.13 bits per heavy atom. The molecule has 23 heavy (non-hydrogen) atoms. The minimum atomic E-state index is -0.972. The van der Waals surface area contributed by atoms with Crippen molar-refractivity contribution in [1.82, 2.24) is 5.32 Å². The van der Waals surface area contributed by atoms with Crippen LogP contribution in [0.1, 0.15) is 56.6 Å². The van der Waals surface area contributed by atoms with Gasteiger partial charge >= 0.3 is 6.09 Å². The number of carboxylic acid groups (broad SMARTS) is 1. The van der Waals surface area contributed by atoms with E-state index < -0.39 is 6.09 Å². The SMILES string of the molecule is CCCCCCCCc1cc(SC)c(CNC(=O)O)c(SC)c1. The maximum Gasteiger partial charge on any atom is 0.404 e. The number of hydrogen-bond acceptors (Lipinski definition) is 3. The van der Waals surface area contributed by atoms with Crippen LogP contribution in [0.3, 0.4) is 0 Å². The van der Waals surface area contributed by atoms with E-state index in [-0.39, 0.29) is 0 Å². The monoisotopic (exact) mass is 355 g/mol. The fourth-order valence-electron chi connectivity index (χ4n) is 2.63. The summed E-state index contributed by atoms with van der Waals surface area (Å²) in [6.07, 6.45) is 12.1. The van der Waals surface area contributed by atoms with Gasteiger partial charge in [-0.05, 0) is 48.6 Å². The predicted octanol–water partition coefficient (Wildman–Crippen LogP) is 5.80. The van der Waals surface area contributed by atoms with E-state index in [1.54, 1.807) is 23.5 Å². The molecule has 0 fully saturated rings. The summed E-state index contributed by atoms with van der Waals surface area (Å²) in [7, 11) is 0. The summed E-state index contributed by atoms with van der Waals surface area (Å²) in [5, 5.41) is 11.3. The van der Waals surface area contributed by atoms with Crippen molar-refractivity contribution < 1.29 is 9.90 Å². The molecule has 0 bridgehead atoms. The normalized spacial score (nSPS) is 10.7. The molecule has 0 atom stereocenters. The standard InChI is InChI=1S/C18H29NO2S2/c1-4-5-6-7-8-9-10-14-11-16(22-2)15(13-19-18(20)21)17(12-14)23-3/h11-12,19H,4-10,13H2,1-3H3,(H,20,21). The summed E-state index contributed by atoms with van der Waals surface area (Å²) in [6, 6.07) is 4.46. The van der Waals surface area contributed by atoms with Crippen molar-refractivity contribution in [2.45, 2.75) is 68.2 Å². The van der Waals surface area contributed by atoms with E-state index in [2.05, 4.69) is 36.9 Å². The average Bonchev–Trinajstić information content (AvgIpc) is 2.55. The van der Waals surface area contributed by atoms with E-state index >= 15 is 0 Å². The fourth-order valence-corrected chi connectivity index (χ4v) is 4.09. The van der Waals surface area contributed by atoms with Crippen LogP contribution in [-0.2, 0) is 13.0 Å². The number of hydrogen-bond donors (Lipinski definition) is 2. The highest BCUT2D eigenvalue weighted by molar-refractivity contribution is 7.99. The van der Waals surface area contributed by atoms with E-state index in [1.807, 2.05) is 0 Å². The largest absolute Gasteiger partial charge is 0.465 e. The zero-order valence-corrected chi connectivity index (χ0v) is 16.1. The highest BCUT2D eigenvalue weighted by Gasteiger charge is 2.11. The lowest BCUT2D eigenvalue weighted by molar-refractivity contribution is 0.194. The Balaban J connectivity index is 2.68. The van der Waals surface area contributed by atoms with Crippen molar-refractivity contribution in [3.05, 3.63) is 23.3 Å². The van der Waals surface area contributed by atoms with E-state index in [0.29, 0.717) is 6.54 Å². The number of carbonyl (C=O) groups is 1. The van der Waals surface area contributed by atoms with Crippen LogP contribution >= 0.6 is 23.5 Å². The number of nitrogens with one attached hydrogen (secondary N) is 1. The summed E-state index contributed by atoms with van der Waals surface area (Å²) in [5.41, 5.74) is 2.47. The molecular weight excluding hydrogens is 326 g/mol. The number of aryl methyl sites for hydroxylation is 1. The molecule has 3 nitrogen and oxygen atoms in total. The van der Waals surface area contributed by atoms with Crippen molar-refractivity contribution in [2.75, 3.05) is 12.5 Å². The second-order valence-electron chi connectivity index (χ2n) is 5.66. The van der Waals surface area contributed by atoms with Crippen molar-refractivity contribution in [3.63, 3.8) is 0 Å². The Hall–Kier alpha value is -0.810. The number of rotatable bonds is 11. The number of thioether (sulfide) groups is 2. The third-order valence-corrected chi connectivity index (χ3v) is 5.51. The fraction of sp³-hybridized carbons (Fsp3) is 0.611. The molecule has 1 aromatic carbocycles. The van der Waals surface area contributed by atoms with Gasteiger partial charge in [0.2, 0.25) is 0 Å². The molecule has 0 aliphatic carbocycles. The van der Waals surface area contributed by atoms with Crippen LogP contribution in [0.15, 0.2) is 21.9 Å². The Kier molecular flexibility index (Phi) is 10.3. The molecular formula is C18H29NO2S2. The minimum Gasteiger partial charge on any atom is -0.465 e. The minimum absolute atomic E-state index is 0.374. The molecule has 130 valence electrons. The second kappa shape index (κ2) is 11.7. The Morgan fingerprint density at radius 2 is 1.61 bits per heavy atom. The van der Waals surface area contributed by atoms with Crippen LogP contribution in [0, 0.1) is 0 Å². The lowest BCUT2D eigenvalue weighted by Gasteiger charge is -2.15. The molecule has 1 amide bonds. The molecule has 0 saturated heterocycles. The lowest BCUT2D eigenvalue weighted by Crippen LogP contribution is -2.20. The van der Waals surface area contributed by atoms with Crippen LogP contribution in [0.4, 0.5) is 4.79 Å². The number of amides is 1. The summed E-state index contributed by atoms with van der Waals surface area (Å²) in [6.45, 7) is 2.62. The summed E-state index contributed by atoms with van der Waals surface area (Å²) < 4.78 is 0. The molecule has 0 unspecified atom stereocenters. The quantitative estimate of drug-likeness (QED) is 0.389. The molecule has 0 aliphatic rings. The van der Waals surface area contributed by atoms with Crippen molar-refractivity contribution in [1.29, 1.82) is 0 Å². The molecule has 0 radical (unpaired) electrons. The maximum absolute atomic E-state index is 10.8. The summed E-state index contributed by atoms with van der Waals surface area (Å²) >= 11 is 3.39. The van der Waals surface area contributed by atoms with E-state index in [0.717, 1.165) is 12.0 Å². The van der Waals surface area contributed by atoms with Crippen LogP contribution in [0.2, 0.25) is 0 Å². The number of benzene rings is 1. The highest BCUT2D eigenvalue weighted by atomic mass is 32.2. The van der Waals surface area contributed by atoms with E-state index in [9.17, 15) is 4.79 Å². The molecule has 0 aliphatic heterocycles. The van der Waals surface area contributed by atoms with Gasteiger partial charge in [-0.15, -0.1) is 23.5 Å².